The van der Waals surface area contributed by atoms with Gasteiger partial charge in [0.15, 0.2) is 15.8 Å². The summed E-state index contributed by atoms with van der Waals surface area (Å²) in [6.45, 7) is 4.31. The zero-order valence-corrected chi connectivity index (χ0v) is 20.1. The molecule has 0 saturated carbocycles. The number of nitrogens with zero attached hydrogens (tertiary/aromatic N) is 1. The van der Waals surface area contributed by atoms with Crippen molar-refractivity contribution in [2.75, 3.05) is 18.6 Å². The van der Waals surface area contributed by atoms with E-state index in [9.17, 15) is 13.2 Å². The van der Waals surface area contributed by atoms with Crippen molar-refractivity contribution in [1.82, 2.24) is 10.6 Å². The van der Waals surface area contributed by atoms with Gasteiger partial charge in [0.1, 0.15) is 0 Å². The summed E-state index contributed by atoms with van der Waals surface area (Å²) in [6.07, 6.45) is 1.21. The predicted octanol–water partition coefficient (Wildman–Crippen LogP) is 2.84. The van der Waals surface area contributed by atoms with Crippen LogP contribution in [0, 0.1) is 6.92 Å². The van der Waals surface area contributed by atoms with Gasteiger partial charge < -0.3 is 16.0 Å². The van der Waals surface area contributed by atoms with Crippen molar-refractivity contribution in [1.29, 1.82) is 0 Å². The molecule has 0 heterocycles. The molecule has 2 aromatic carbocycles. The average molecular weight is 530 g/mol. The van der Waals surface area contributed by atoms with Gasteiger partial charge in [-0.3, -0.25) is 9.79 Å². The molecule has 0 unspecified atom stereocenters. The number of nitrogens with one attached hydrogen (secondary N) is 3. The van der Waals surface area contributed by atoms with E-state index in [4.69, 9.17) is 0 Å². The third kappa shape index (κ3) is 8.01. The molecule has 29 heavy (non-hydrogen) atoms. The maximum absolute atomic E-state index is 11.7. The highest BCUT2D eigenvalue weighted by Gasteiger charge is 2.11. The van der Waals surface area contributed by atoms with Crippen molar-refractivity contribution in [3.05, 3.63) is 59.2 Å². The van der Waals surface area contributed by atoms with Gasteiger partial charge in [0.2, 0.25) is 5.91 Å². The Balaban J connectivity index is 0.00000420. The highest BCUT2D eigenvalue weighted by Crippen LogP contribution is 2.16. The number of aliphatic imine (C=N–C) groups is 1. The maximum atomic E-state index is 11.7. The van der Waals surface area contributed by atoms with E-state index in [1.54, 1.807) is 26.1 Å². The normalized spacial score (nSPS) is 11.4. The molecule has 0 aliphatic rings. The molecule has 9 heteroatoms. The first-order valence-corrected chi connectivity index (χ1v) is 10.7. The third-order valence-electron chi connectivity index (χ3n) is 4.03. The topological polar surface area (TPSA) is 99.7 Å². The van der Waals surface area contributed by atoms with Gasteiger partial charge >= 0.3 is 0 Å². The highest BCUT2D eigenvalue weighted by molar-refractivity contribution is 14.0. The number of amides is 1. The monoisotopic (exact) mass is 530 g/mol. The number of halogens is 1. The zero-order chi connectivity index (χ0) is 20.7. The molecule has 0 aliphatic carbocycles. The van der Waals surface area contributed by atoms with Gasteiger partial charge in [-0.25, -0.2) is 8.42 Å². The van der Waals surface area contributed by atoms with Crippen molar-refractivity contribution >= 4 is 51.4 Å². The molecule has 0 spiro atoms. The molecule has 3 N–H and O–H groups in total. The van der Waals surface area contributed by atoms with Crippen LogP contribution in [0.2, 0.25) is 0 Å². The molecule has 7 nitrogen and oxygen atoms in total. The zero-order valence-electron chi connectivity index (χ0n) is 16.9. The Labute approximate surface area is 189 Å². The molecule has 0 bridgehead atoms. The Morgan fingerprint density at radius 1 is 1.03 bits per heavy atom. The lowest BCUT2D eigenvalue weighted by atomic mass is 10.1. The number of aryl methyl sites for hydroxylation is 1. The maximum Gasteiger partial charge on any atom is 0.221 e. The Hall–Kier alpha value is -2.14. The highest BCUT2D eigenvalue weighted by atomic mass is 127. The molecule has 0 fully saturated rings. The van der Waals surface area contributed by atoms with E-state index in [0.717, 1.165) is 22.4 Å². The van der Waals surface area contributed by atoms with E-state index in [0.29, 0.717) is 23.9 Å². The van der Waals surface area contributed by atoms with Gasteiger partial charge in [-0.15, -0.1) is 24.0 Å². The van der Waals surface area contributed by atoms with Gasteiger partial charge in [-0.2, -0.15) is 0 Å². The molecule has 0 saturated heterocycles. The van der Waals surface area contributed by atoms with E-state index in [-0.39, 0.29) is 29.9 Å². The standard InChI is InChI=1S/C20H26N4O3S.HI/c1-14-10-17(8-9-19(14)28(4,26)27)13-23-20(21-3)22-12-16-6-5-7-18(11-16)24-15(2)25;/h5-11H,12-13H2,1-4H3,(H,24,25)(H2,21,22,23);1H. The van der Waals surface area contributed by atoms with E-state index < -0.39 is 9.84 Å². The number of guanidine groups is 1. The lowest BCUT2D eigenvalue weighted by Gasteiger charge is -2.13. The Morgan fingerprint density at radius 2 is 1.66 bits per heavy atom. The molecule has 158 valence electrons. The van der Waals surface area contributed by atoms with Crippen LogP contribution < -0.4 is 16.0 Å². The van der Waals surface area contributed by atoms with Crippen LogP contribution in [-0.2, 0) is 27.7 Å². The second kappa shape index (κ2) is 11.1. The minimum atomic E-state index is -3.22. The van der Waals surface area contributed by atoms with Crippen molar-refractivity contribution in [2.24, 2.45) is 4.99 Å². The number of carbonyl (C=O) groups excluding carboxylic acids is 1. The second-order valence-electron chi connectivity index (χ2n) is 6.53. The van der Waals surface area contributed by atoms with E-state index in [1.807, 2.05) is 30.3 Å². The first-order valence-electron chi connectivity index (χ1n) is 8.79. The summed E-state index contributed by atoms with van der Waals surface area (Å²) < 4.78 is 23.4. The van der Waals surface area contributed by atoms with E-state index >= 15 is 0 Å². The number of hydrogen-bond acceptors (Lipinski definition) is 4. The Bertz CT molecular complexity index is 991. The fourth-order valence-electron chi connectivity index (χ4n) is 2.79. The van der Waals surface area contributed by atoms with Crippen LogP contribution >= 0.6 is 24.0 Å². The van der Waals surface area contributed by atoms with Crippen LogP contribution in [0.5, 0.6) is 0 Å². The molecule has 2 aromatic rings. The van der Waals surface area contributed by atoms with Crippen LogP contribution in [-0.4, -0.2) is 33.6 Å². The SMILES string of the molecule is CN=C(NCc1cccc(NC(C)=O)c1)NCc1ccc(S(C)(=O)=O)c(C)c1.I. The lowest BCUT2D eigenvalue weighted by Crippen LogP contribution is -2.36. The number of benzene rings is 2. The summed E-state index contributed by atoms with van der Waals surface area (Å²) in [5.41, 5.74) is 3.43. The number of rotatable bonds is 6. The molecule has 0 aromatic heterocycles. The molecule has 0 aliphatic heterocycles. The second-order valence-corrected chi connectivity index (χ2v) is 8.52. The number of sulfone groups is 1. The van der Waals surface area contributed by atoms with Crippen molar-refractivity contribution < 1.29 is 13.2 Å². The van der Waals surface area contributed by atoms with Crippen LogP contribution in [0.25, 0.3) is 0 Å². The van der Waals surface area contributed by atoms with Gasteiger partial charge in [0.05, 0.1) is 4.90 Å². The quantitative estimate of drug-likeness (QED) is 0.303. The molecular weight excluding hydrogens is 503 g/mol. The van der Waals surface area contributed by atoms with Crippen molar-refractivity contribution in [2.45, 2.75) is 31.8 Å². The lowest BCUT2D eigenvalue weighted by molar-refractivity contribution is -0.114. The summed E-state index contributed by atoms with van der Waals surface area (Å²) in [6, 6.07) is 12.8. The molecular formula is C20H27IN4O3S. The summed E-state index contributed by atoms with van der Waals surface area (Å²) in [5, 5.41) is 9.18. The third-order valence-corrected chi connectivity index (χ3v) is 5.29. The minimum absolute atomic E-state index is 0. The van der Waals surface area contributed by atoms with Crippen molar-refractivity contribution in [3.63, 3.8) is 0 Å². The first-order chi connectivity index (χ1) is 13.2. The van der Waals surface area contributed by atoms with Gasteiger partial charge in [-0.1, -0.05) is 24.3 Å². The minimum Gasteiger partial charge on any atom is -0.352 e. The summed E-state index contributed by atoms with van der Waals surface area (Å²) in [4.78, 5) is 15.7. The van der Waals surface area contributed by atoms with Crippen LogP contribution in [0.1, 0.15) is 23.6 Å². The molecule has 0 radical (unpaired) electrons. The van der Waals surface area contributed by atoms with Gasteiger partial charge in [0.25, 0.3) is 0 Å². The Morgan fingerprint density at radius 3 is 2.17 bits per heavy atom. The summed E-state index contributed by atoms with van der Waals surface area (Å²) in [7, 11) is -1.54. The van der Waals surface area contributed by atoms with Crippen LogP contribution in [0.15, 0.2) is 52.4 Å². The number of anilines is 1. The molecule has 0 atom stereocenters. The summed E-state index contributed by atoms with van der Waals surface area (Å²) >= 11 is 0. The van der Waals surface area contributed by atoms with Gasteiger partial charge in [0, 0.05) is 39.0 Å². The smallest absolute Gasteiger partial charge is 0.221 e. The first kappa shape index (κ1) is 24.9. The molecule has 1 amide bonds. The molecule has 2 rings (SSSR count). The fraction of sp³-hybridized carbons (Fsp3) is 0.300. The summed E-state index contributed by atoms with van der Waals surface area (Å²) in [5.74, 6) is 0.509. The van der Waals surface area contributed by atoms with Crippen LogP contribution in [0.3, 0.4) is 0 Å². The van der Waals surface area contributed by atoms with Crippen molar-refractivity contribution in [3.8, 4) is 0 Å². The van der Waals surface area contributed by atoms with E-state index in [1.165, 1.54) is 13.2 Å². The van der Waals surface area contributed by atoms with E-state index in [2.05, 4.69) is 20.9 Å². The predicted molar refractivity (Wildman–Crippen MR) is 127 cm³/mol. The Kier molecular flexibility index (Phi) is 9.57. The number of carbonyl (C=O) groups is 1. The fourth-order valence-corrected chi connectivity index (χ4v) is 3.75. The average Bonchev–Trinajstić information content (AvgIpc) is 2.60. The van der Waals surface area contributed by atoms with Crippen LogP contribution in [0.4, 0.5) is 5.69 Å². The van der Waals surface area contributed by atoms with Gasteiger partial charge in [-0.05, 0) is 41.8 Å². The largest absolute Gasteiger partial charge is 0.352 e. The number of hydrogen-bond donors (Lipinski definition) is 3.